The van der Waals surface area contributed by atoms with Gasteiger partial charge in [0, 0.05) is 16.6 Å². The first-order valence-corrected chi connectivity index (χ1v) is 8.40. The fourth-order valence-corrected chi connectivity index (χ4v) is 3.30. The summed E-state index contributed by atoms with van der Waals surface area (Å²) in [5.41, 5.74) is 1.80. The van der Waals surface area contributed by atoms with Crippen molar-refractivity contribution in [2.75, 3.05) is 6.54 Å². The maximum absolute atomic E-state index is 12.2. The van der Waals surface area contributed by atoms with Crippen LogP contribution in [0.3, 0.4) is 0 Å². The molecule has 1 aliphatic rings. The van der Waals surface area contributed by atoms with Crippen LogP contribution in [0, 0.1) is 18.8 Å². The molecule has 1 saturated carbocycles. The monoisotopic (exact) mass is 337 g/mol. The van der Waals surface area contributed by atoms with Gasteiger partial charge < -0.3 is 5.32 Å². The highest BCUT2D eigenvalue weighted by molar-refractivity contribution is 9.10. The molecule has 0 radical (unpaired) electrons. The molecule has 1 N–H and O–H groups in total. The maximum Gasteiger partial charge on any atom is 0.251 e. The molecule has 0 unspecified atom stereocenters. The Morgan fingerprint density at radius 2 is 2.00 bits per heavy atom. The standard InChI is InChI=1S/C17H24BrNO/c1-12-3-6-14(7-4-12)9-10-19-17(20)16-11-15(18)8-5-13(16)2/h5,8,11-12,14H,3-4,6-7,9-10H2,1-2H3,(H,19,20). The van der Waals surface area contributed by atoms with Gasteiger partial charge in [0.25, 0.3) is 5.91 Å². The third-order valence-electron chi connectivity index (χ3n) is 4.42. The van der Waals surface area contributed by atoms with Crippen LogP contribution in [0.5, 0.6) is 0 Å². The van der Waals surface area contributed by atoms with Crippen LogP contribution in [-0.4, -0.2) is 12.5 Å². The fraction of sp³-hybridized carbons (Fsp3) is 0.588. The molecule has 0 heterocycles. The van der Waals surface area contributed by atoms with Crippen molar-refractivity contribution in [3.63, 3.8) is 0 Å². The molecule has 2 nitrogen and oxygen atoms in total. The zero-order valence-corrected chi connectivity index (χ0v) is 14.0. The van der Waals surface area contributed by atoms with E-state index in [9.17, 15) is 4.79 Å². The van der Waals surface area contributed by atoms with E-state index in [2.05, 4.69) is 28.2 Å². The lowest BCUT2D eigenvalue weighted by molar-refractivity contribution is 0.0949. The molecule has 0 saturated heterocycles. The third kappa shape index (κ3) is 4.34. The number of amides is 1. The number of halogens is 1. The smallest absolute Gasteiger partial charge is 0.251 e. The number of benzene rings is 1. The molecular formula is C17H24BrNO. The van der Waals surface area contributed by atoms with E-state index in [0.29, 0.717) is 0 Å². The Morgan fingerprint density at radius 3 is 2.70 bits per heavy atom. The van der Waals surface area contributed by atoms with E-state index >= 15 is 0 Å². The zero-order valence-electron chi connectivity index (χ0n) is 12.4. The van der Waals surface area contributed by atoms with Crippen molar-refractivity contribution in [2.24, 2.45) is 11.8 Å². The summed E-state index contributed by atoms with van der Waals surface area (Å²) in [5, 5.41) is 3.07. The van der Waals surface area contributed by atoms with Gasteiger partial charge in [-0.2, -0.15) is 0 Å². The van der Waals surface area contributed by atoms with Gasteiger partial charge in [-0.15, -0.1) is 0 Å². The summed E-state index contributed by atoms with van der Waals surface area (Å²) in [6, 6.07) is 5.84. The summed E-state index contributed by atoms with van der Waals surface area (Å²) in [6.07, 6.45) is 6.47. The van der Waals surface area contributed by atoms with Crippen LogP contribution in [0.1, 0.15) is 54.9 Å². The lowest BCUT2D eigenvalue weighted by Crippen LogP contribution is -2.27. The van der Waals surface area contributed by atoms with Crippen molar-refractivity contribution < 1.29 is 4.79 Å². The van der Waals surface area contributed by atoms with Gasteiger partial charge in [0.2, 0.25) is 0 Å². The molecule has 110 valence electrons. The molecule has 1 aliphatic carbocycles. The SMILES string of the molecule is Cc1ccc(Br)cc1C(=O)NCCC1CCC(C)CC1. The third-order valence-corrected chi connectivity index (χ3v) is 4.91. The summed E-state index contributed by atoms with van der Waals surface area (Å²) in [4.78, 5) is 12.2. The van der Waals surface area contributed by atoms with Crippen molar-refractivity contribution >= 4 is 21.8 Å². The Bertz CT molecular complexity index is 464. The molecule has 3 heteroatoms. The van der Waals surface area contributed by atoms with Crippen LogP contribution in [-0.2, 0) is 0 Å². The molecule has 1 aromatic carbocycles. The van der Waals surface area contributed by atoms with Crippen LogP contribution in [0.4, 0.5) is 0 Å². The topological polar surface area (TPSA) is 29.1 Å². The Kier molecular flexibility index (Phi) is 5.64. The first-order valence-electron chi connectivity index (χ1n) is 7.60. The van der Waals surface area contributed by atoms with E-state index in [-0.39, 0.29) is 5.91 Å². The lowest BCUT2D eigenvalue weighted by atomic mass is 9.81. The maximum atomic E-state index is 12.2. The van der Waals surface area contributed by atoms with Crippen LogP contribution < -0.4 is 5.32 Å². The molecule has 0 aliphatic heterocycles. The van der Waals surface area contributed by atoms with E-state index in [0.717, 1.165) is 40.4 Å². The molecule has 1 amide bonds. The van der Waals surface area contributed by atoms with Gasteiger partial charge in [0.1, 0.15) is 0 Å². The molecular weight excluding hydrogens is 314 g/mol. The van der Waals surface area contributed by atoms with Gasteiger partial charge in [-0.25, -0.2) is 0 Å². The zero-order chi connectivity index (χ0) is 14.5. The fourth-order valence-electron chi connectivity index (χ4n) is 2.94. The van der Waals surface area contributed by atoms with E-state index in [1.807, 2.05) is 25.1 Å². The number of hydrogen-bond acceptors (Lipinski definition) is 1. The summed E-state index contributed by atoms with van der Waals surface area (Å²) in [6.45, 7) is 5.11. The minimum atomic E-state index is 0.0491. The summed E-state index contributed by atoms with van der Waals surface area (Å²) in [5.74, 6) is 1.74. The Balaban J connectivity index is 1.79. The highest BCUT2D eigenvalue weighted by Crippen LogP contribution is 2.29. The number of carbonyl (C=O) groups is 1. The first-order chi connectivity index (χ1) is 9.56. The second-order valence-electron chi connectivity index (χ2n) is 6.13. The second-order valence-corrected chi connectivity index (χ2v) is 7.05. The van der Waals surface area contributed by atoms with Gasteiger partial charge in [-0.05, 0) is 42.9 Å². The van der Waals surface area contributed by atoms with Gasteiger partial charge in [-0.1, -0.05) is 54.6 Å². The molecule has 20 heavy (non-hydrogen) atoms. The van der Waals surface area contributed by atoms with Crippen molar-refractivity contribution in [3.05, 3.63) is 33.8 Å². The highest BCUT2D eigenvalue weighted by Gasteiger charge is 2.18. The number of carbonyl (C=O) groups excluding carboxylic acids is 1. The van der Waals surface area contributed by atoms with Crippen LogP contribution in [0.2, 0.25) is 0 Å². The number of aryl methyl sites for hydroxylation is 1. The Labute approximate surface area is 130 Å². The average molecular weight is 338 g/mol. The predicted molar refractivity (Wildman–Crippen MR) is 87.0 cm³/mol. The normalized spacial score (nSPS) is 22.6. The highest BCUT2D eigenvalue weighted by atomic mass is 79.9. The van der Waals surface area contributed by atoms with E-state index in [1.165, 1.54) is 25.7 Å². The van der Waals surface area contributed by atoms with Crippen molar-refractivity contribution in [1.82, 2.24) is 5.32 Å². The summed E-state index contributed by atoms with van der Waals surface area (Å²) in [7, 11) is 0. The van der Waals surface area contributed by atoms with Gasteiger partial charge in [0.05, 0.1) is 0 Å². The molecule has 0 bridgehead atoms. The number of hydrogen-bond donors (Lipinski definition) is 1. The van der Waals surface area contributed by atoms with Gasteiger partial charge in [0.15, 0.2) is 0 Å². The van der Waals surface area contributed by atoms with Crippen molar-refractivity contribution in [1.29, 1.82) is 0 Å². The summed E-state index contributed by atoms with van der Waals surface area (Å²) >= 11 is 3.42. The van der Waals surface area contributed by atoms with Crippen LogP contribution in [0.15, 0.2) is 22.7 Å². The van der Waals surface area contributed by atoms with Crippen molar-refractivity contribution in [2.45, 2.75) is 46.0 Å². The molecule has 0 aromatic heterocycles. The van der Waals surface area contributed by atoms with Gasteiger partial charge in [-0.3, -0.25) is 4.79 Å². The average Bonchev–Trinajstić information content (AvgIpc) is 2.43. The molecule has 0 atom stereocenters. The Morgan fingerprint density at radius 1 is 1.30 bits per heavy atom. The van der Waals surface area contributed by atoms with E-state index in [4.69, 9.17) is 0 Å². The van der Waals surface area contributed by atoms with Crippen LogP contribution in [0.25, 0.3) is 0 Å². The largest absolute Gasteiger partial charge is 0.352 e. The molecule has 1 fully saturated rings. The predicted octanol–water partition coefficient (Wildman–Crippen LogP) is 4.70. The minimum Gasteiger partial charge on any atom is -0.352 e. The van der Waals surface area contributed by atoms with Crippen molar-refractivity contribution in [3.8, 4) is 0 Å². The molecule has 2 rings (SSSR count). The minimum absolute atomic E-state index is 0.0491. The van der Waals surface area contributed by atoms with Crippen LogP contribution >= 0.6 is 15.9 Å². The van der Waals surface area contributed by atoms with E-state index < -0.39 is 0 Å². The number of nitrogens with one attached hydrogen (secondary N) is 1. The molecule has 1 aromatic rings. The second kappa shape index (κ2) is 7.26. The quantitative estimate of drug-likeness (QED) is 0.847. The first kappa shape index (κ1) is 15.6. The summed E-state index contributed by atoms with van der Waals surface area (Å²) < 4.78 is 0.953. The molecule has 0 spiro atoms. The lowest BCUT2D eigenvalue weighted by Gasteiger charge is -2.26. The number of rotatable bonds is 4. The van der Waals surface area contributed by atoms with Gasteiger partial charge >= 0.3 is 0 Å². The van der Waals surface area contributed by atoms with E-state index in [1.54, 1.807) is 0 Å². The Hall–Kier alpha value is -0.830.